The van der Waals surface area contributed by atoms with Crippen molar-refractivity contribution in [2.45, 2.75) is 109 Å². The summed E-state index contributed by atoms with van der Waals surface area (Å²) < 4.78 is 0. The molecule has 2 aliphatic rings. The van der Waals surface area contributed by atoms with Crippen molar-refractivity contribution < 1.29 is 24.9 Å². The van der Waals surface area contributed by atoms with Gasteiger partial charge in [0.15, 0.2) is 0 Å². The van der Waals surface area contributed by atoms with E-state index >= 15 is 0 Å². The van der Waals surface area contributed by atoms with Crippen LogP contribution in [-0.4, -0.2) is 33.4 Å². The maximum atomic E-state index is 11.3. The summed E-state index contributed by atoms with van der Waals surface area (Å²) in [5.41, 5.74) is -0.876. The van der Waals surface area contributed by atoms with E-state index in [1.165, 1.54) is 0 Å². The first-order valence-electron chi connectivity index (χ1n) is 10.6. The number of rotatable bonds is 14. The molecule has 0 radical (unpaired) electrons. The molecule has 2 rings (SSSR count). The molecule has 26 heavy (non-hydrogen) atoms. The highest BCUT2D eigenvalue weighted by Gasteiger charge is 2.44. The van der Waals surface area contributed by atoms with Crippen LogP contribution in [0.2, 0.25) is 0 Å². The second-order valence-corrected chi connectivity index (χ2v) is 8.73. The van der Waals surface area contributed by atoms with Gasteiger partial charge in [0.1, 0.15) is 0 Å². The molecule has 0 aromatic carbocycles. The van der Waals surface area contributed by atoms with Crippen LogP contribution in [0.4, 0.5) is 0 Å². The van der Waals surface area contributed by atoms with Gasteiger partial charge in [0.2, 0.25) is 0 Å². The van der Waals surface area contributed by atoms with Crippen LogP contribution in [0, 0.1) is 10.8 Å². The maximum absolute atomic E-state index is 11.3. The third-order valence-corrected chi connectivity index (χ3v) is 6.91. The lowest BCUT2D eigenvalue weighted by molar-refractivity contribution is -0.156. The Kier molecular flexibility index (Phi) is 7.93. The summed E-state index contributed by atoms with van der Waals surface area (Å²) in [7, 11) is 0. The van der Waals surface area contributed by atoms with Crippen molar-refractivity contribution in [2.24, 2.45) is 10.8 Å². The minimum atomic E-state index is -0.629. The highest BCUT2D eigenvalue weighted by molar-refractivity contribution is 5.76. The Labute approximate surface area is 157 Å². The standard InChI is InChI=1S/C21H36O5/c22-17(9-3-1-5-11-20(18(23)24)13-7-14-20)10-4-2-6-12-21(19(25)26)15-8-16-21/h17,22H,1-16H2,(H,23,24)(H,25,26). The summed E-state index contributed by atoms with van der Waals surface area (Å²) in [5, 5.41) is 28.7. The zero-order chi connectivity index (χ0) is 19.0. The van der Waals surface area contributed by atoms with Crippen molar-refractivity contribution in [3.05, 3.63) is 0 Å². The molecule has 150 valence electrons. The first kappa shape index (κ1) is 21.2. The van der Waals surface area contributed by atoms with Gasteiger partial charge in [-0.25, -0.2) is 0 Å². The van der Waals surface area contributed by atoms with Crippen molar-refractivity contribution in [1.82, 2.24) is 0 Å². The van der Waals surface area contributed by atoms with Gasteiger partial charge in [-0.3, -0.25) is 9.59 Å². The third-order valence-electron chi connectivity index (χ3n) is 6.91. The van der Waals surface area contributed by atoms with E-state index in [0.717, 1.165) is 103 Å². The number of unbranched alkanes of at least 4 members (excludes halogenated alkanes) is 4. The van der Waals surface area contributed by atoms with Gasteiger partial charge in [-0.05, 0) is 51.4 Å². The van der Waals surface area contributed by atoms with Gasteiger partial charge in [-0.2, -0.15) is 0 Å². The summed E-state index contributed by atoms with van der Waals surface area (Å²) >= 11 is 0. The zero-order valence-corrected chi connectivity index (χ0v) is 16.0. The molecule has 0 spiro atoms. The Balaban J connectivity index is 1.45. The minimum absolute atomic E-state index is 0.274. The Hall–Kier alpha value is -1.10. The van der Waals surface area contributed by atoms with Gasteiger partial charge in [0.05, 0.1) is 16.9 Å². The monoisotopic (exact) mass is 368 g/mol. The minimum Gasteiger partial charge on any atom is -0.481 e. The molecule has 0 amide bonds. The van der Waals surface area contributed by atoms with Crippen LogP contribution in [0.5, 0.6) is 0 Å². The summed E-state index contributed by atoms with van der Waals surface area (Å²) in [6.07, 6.45) is 14.0. The molecule has 2 saturated carbocycles. The topological polar surface area (TPSA) is 94.8 Å². The van der Waals surface area contributed by atoms with Crippen LogP contribution in [-0.2, 0) is 9.59 Å². The van der Waals surface area contributed by atoms with E-state index in [2.05, 4.69) is 0 Å². The van der Waals surface area contributed by atoms with Crippen LogP contribution in [0.15, 0.2) is 0 Å². The number of hydrogen-bond donors (Lipinski definition) is 3. The molecule has 0 saturated heterocycles. The second-order valence-electron chi connectivity index (χ2n) is 8.73. The molecule has 0 unspecified atom stereocenters. The van der Waals surface area contributed by atoms with Gasteiger partial charge in [-0.15, -0.1) is 0 Å². The van der Waals surface area contributed by atoms with Crippen LogP contribution in [0.3, 0.4) is 0 Å². The molecular formula is C21H36O5. The van der Waals surface area contributed by atoms with Crippen LogP contribution in [0.25, 0.3) is 0 Å². The molecule has 3 N–H and O–H groups in total. The van der Waals surface area contributed by atoms with Crippen molar-refractivity contribution in [1.29, 1.82) is 0 Å². The fraction of sp³-hybridized carbons (Fsp3) is 0.905. The van der Waals surface area contributed by atoms with Gasteiger partial charge in [-0.1, -0.05) is 51.4 Å². The molecule has 0 bridgehead atoms. The molecule has 0 atom stereocenters. The van der Waals surface area contributed by atoms with Gasteiger partial charge < -0.3 is 15.3 Å². The molecule has 0 heterocycles. The normalized spacial score (nSPS) is 20.4. The molecule has 2 aliphatic carbocycles. The highest BCUT2D eigenvalue weighted by atomic mass is 16.4. The fourth-order valence-corrected chi connectivity index (χ4v) is 4.53. The van der Waals surface area contributed by atoms with Crippen molar-refractivity contribution in [3.63, 3.8) is 0 Å². The highest BCUT2D eigenvalue weighted by Crippen LogP contribution is 2.46. The number of hydrogen-bond acceptors (Lipinski definition) is 3. The predicted molar refractivity (Wildman–Crippen MR) is 100 cm³/mol. The predicted octanol–water partition coefficient (Wildman–Crippen LogP) is 4.76. The van der Waals surface area contributed by atoms with Crippen LogP contribution < -0.4 is 0 Å². The van der Waals surface area contributed by atoms with Crippen LogP contribution >= 0.6 is 0 Å². The smallest absolute Gasteiger partial charge is 0.309 e. The average Bonchev–Trinajstić information content (AvgIpc) is 2.50. The van der Waals surface area contributed by atoms with E-state index in [0.29, 0.717) is 0 Å². The molecule has 0 aromatic rings. The summed E-state index contributed by atoms with van der Waals surface area (Å²) in [4.78, 5) is 22.6. The Morgan fingerprint density at radius 2 is 1.08 bits per heavy atom. The molecule has 5 nitrogen and oxygen atoms in total. The maximum Gasteiger partial charge on any atom is 0.309 e. The van der Waals surface area contributed by atoms with Gasteiger partial charge >= 0.3 is 11.9 Å². The summed E-state index contributed by atoms with van der Waals surface area (Å²) in [5.74, 6) is -1.26. The van der Waals surface area contributed by atoms with Gasteiger partial charge in [0, 0.05) is 0 Å². The second kappa shape index (κ2) is 9.72. The number of carbonyl (C=O) groups is 2. The number of aliphatic hydroxyl groups excluding tert-OH is 1. The summed E-state index contributed by atoms with van der Waals surface area (Å²) in [6.45, 7) is 0. The largest absolute Gasteiger partial charge is 0.481 e. The lowest BCUT2D eigenvalue weighted by Gasteiger charge is -2.37. The SMILES string of the molecule is O=C(O)C1(CCCCCC(O)CCCCCC2(C(=O)O)CCC2)CCC1. The first-order valence-corrected chi connectivity index (χ1v) is 10.6. The molecular weight excluding hydrogens is 332 g/mol. The number of carboxylic acids is 2. The lowest BCUT2D eigenvalue weighted by Crippen LogP contribution is -2.37. The van der Waals surface area contributed by atoms with Crippen LogP contribution in [0.1, 0.15) is 103 Å². The van der Waals surface area contributed by atoms with E-state index in [4.69, 9.17) is 0 Å². The quantitative estimate of drug-likeness (QED) is 0.384. The molecule has 0 aromatic heterocycles. The van der Waals surface area contributed by atoms with E-state index in [1.54, 1.807) is 0 Å². The van der Waals surface area contributed by atoms with E-state index in [1.807, 2.05) is 0 Å². The number of carboxylic acid groups (broad SMARTS) is 2. The van der Waals surface area contributed by atoms with Gasteiger partial charge in [0.25, 0.3) is 0 Å². The average molecular weight is 369 g/mol. The lowest BCUT2D eigenvalue weighted by atomic mass is 9.66. The molecule has 5 heteroatoms. The van der Waals surface area contributed by atoms with E-state index in [9.17, 15) is 24.9 Å². The molecule has 0 aliphatic heterocycles. The summed E-state index contributed by atoms with van der Waals surface area (Å²) in [6, 6.07) is 0. The Morgan fingerprint density at radius 3 is 1.35 bits per heavy atom. The third kappa shape index (κ3) is 5.45. The Bertz CT molecular complexity index is 423. The van der Waals surface area contributed by atoms with E-state index < -0.39 is 22.8 Å². The zero-order valence-electron chi connectivity index (χ0n) is 16.0. The molecule has 2 fully saturated rings. The van der Waals surface area contributed by atoms with Crippen molar-refractivity contribution in [2.75, 3.05) is 0 Å². The van der Waals surface area contributed by atoms with E-state index in [-0.39, 0.29) is 6.10 Å². The Morgan fingerprint density at radius 1 is 0.692 bits per heavy atom. The van der Waals surface area contributed by atoms with Crippen molar-refractivity contribution >= 4 is 11.9 Å². The van der Waals surface area contributed by atoms with Crippen molar-refractivity contribution in [3.8, 4) is 0 Å². The number of aliphatic hydroxyl groups is 1. The fourth-order valence-electron chi connectivity index (χ4n) is 4.53. The first-order chi connectivity index (χ1) is 12.4. The number of aliphatic carboxylic acids is 2.